The highest BCUT2D eigenvalue weighted by Gasteiger charge is 2.23. The molecule has 100 valence electrons. The van der Waals surface area contributed by atoms with Gasteiger partial charge in [-0.3, -0.25) is 0 Å². The van der Waals surface area contributed by atoms with Gasteiger partial charge in [0.1, 0.15) is 0 Å². The van der Waals surface area contributed by atoms with Gasteiger partial charge in [0.2, 0.25) is 0 Å². The minimum absolute atomic E-state index is 0.0460. The highest BCUT2D eigenvalue weighted by atomic mass is 32.1. The molecule has 2 atom stereocenters. The summed E-state index contributed by atoms with van der Waals surface area (Å²) in [4.78, 5) is 16.0. The number of nitrogens with zero attached hydrogens (tertiary/aromatic N) is 1. The maximum absolute atomic E-state index is 11.7. The third-order valence-corrected chi connectivity index (χ3v) is 3.80. The van der Waals surface area contributed by atoms with E-state index in [4.69, 9.17) is 4.74 Å². The van der Waals surface area contributed by atoms with Gasteiger partial charge in [-0.1, -0.05) is 0 Å². The number of nitrogens with one attached hydrogen (secondary N) is 2. The summed E-state index contributed by atoms with van der Waals surface area (Å²) in [5, 5.41) is 8.68. The smallest absolute Gasteiger partial charge is 0.315 e. The molecular formula is C12H19N3O2S. The summed E-state index contributed by atoms with van der Waals surface area (Å²) in [6, 6.07) is -0.117. The summed E-state index contributed by atoms with van der Waals surface area (Å²) in [5.41, 5.74) is 0.900. The first kappa shape index (κ1) is 13.3. The number of hydrogen-bond donors (Lipinski definition) is 2. The van der Waals surface area contributed by atoms with Gasteiger partial charge in [0, 0.05) is 12.0 Å². The normalized spacial score (nSPS) is 20.7. The van der Waals surface area contributed by atoms with Crippen molar-refractivity contribution in [2.75, 3.05) is 6.61 Å². The van der Waals surface area contributed by atoms with Crippen LogP contribution in [-0.2, 0) is 11.3 Å². The van der Waals surface area contributed by atoms with E-state index < -0.39 is 0 Å². The molecular weight excluding hydrogens is 250 g/mol. The van der Waals surface area contributed by atoms with E-state index in [0.717, 1.165) is 30.2 Å². The summed E-state index contributed by atoms with van der Waals surface area (Å²) in [6.07, 6.45) is 2.25. The number of amides is 2. The molecule has 18 heavy (non-hydrogen) atoms. The lowest BCUT2D eigenvalue weighted by Crippen LogP contribution is -2.45. The molecule has 6 heteroatoms. The summed E-state index contributed by atoms with van der Waals surface area (Å²) >= 11 is 1.59. The minimum atomic E-state index is -0.163. The average molecular weight is 269 g/mol. The van der Waals surface area contributed by atoms with Gasteiger partial charge in [-0.25, -0.2) is 9.78 Å². The molecule has 1 fully saturated rings. The largest absolute Gasteiger partial charge is 0.376 e. The standard InChI is InChI=1S/C12H19N3O2S/c1-8(11-4-3-5-17-11)14-12(16)13-6-10-7-18-9(2)15-10/h7-8,11H,3-6H2,1-2H3,(H2,13,14,16)/t8-,11-/m1/s1. The number of aromatic nitrogens is 1. The Morgan fingerprint density at radius 1 is 1.72 bits per heavy atom. The van der Waals surface area contributed by atoms with Crippen LogP contribution in [0.3, 0.4) is 0 Å². The van der Waals surface area contributed by atoms with Crippen molar-refractivity contribution in [2.24, 2.45) is 0 Å². The van der Waals surface area contributed by atoms with Gasteiger partial charge in [0.25, 0.3) is 0 Å². The zero-order valence-corrected chi connectivity index (χ0v) is 11.5. The molecule has 1 saturated heterocycles. The van der Waals surface area contributed by atoms with Crippen molar-refractivity contribution in [2.45, 2.75) is 45.4 Å². The van der Waals surface area contributed by atoms with Crippen molar-refractivity contribution in [3.8, 4) is 0 Å². The number of aryl methyl sites for hydroxylation is 1. The van der Waals surface area contributed by atoms with Crippen molar-refractivity contribution in [3.63, 3.8) is 0 Å². The number of ether oxygens (including phenoxy) is 1. The molecule has 1 aliphatic rings. The first-order valence-corrected chi connectivity index (χ1v) is 7.10. The van der Waals surface area contributed by atoms with Crippen molar-refractivity contribution < 1.29 is 9.53 Å². The Balaban J connectivity index is 1.71. The van der Waals surface area contributed by atoms with Crippen molar-refractivity contribution in [3.05, 3.63) is 16.1 Å². The molecule has 1 aliphatic heterocycles. The van der Waals surface area contributed by atoms with E-state index in [0.29, 0.717) is 6.54 Å². The lowest BCUT2D eigenvalue weighted by Gasteiger charge is -2.20. The van der Waals surface area contributed by atoms with Gasteiger partial charge >= 0.3 is 6.03 Å². The van der Waals surface area contributed by atoms with Crippen LogP contribution >= 0.6 is 11.3 Å². The summed E-state index contributed by atoms with van der Waals surface area (Å²) in [7, 11) is 0. The Morgan fingerprint density at radius 2 is 2.56 bits per heavy atom. The molecule has 2 N–H and O–H groups in total. The number of rotatable bonds is 4. The molecule has 2 rings (SSSR count). The SMILES string of the molecule is Cc1nc(CNC(=O)N[C@H](C)[C@H]2CCCO2)cs1. The van der Waals surface area contributed by atoms with Gasteiger partial charge in [0.05, 0.1) is 29.4 Å². The molecule has 0 unspecified atom stereocenters. The highest BCUT2D eigenvalue weighted by molar-refractivity contribution is 7.09. The lowest BCUT2D eigenvalue weighted by atomic mass is 10.1. The fourth-order valence-electron chi connectivity index (χ4n) is 2.01. The van der Waals surface area contributed by atoms with E-state index in [1.807, 2.05) is 19.2 Å². The van der Waals surface area contributed by atoms with Crippen molar-refractivity contribution in [1.29, 1.82) is 0 Å². The van der Waals surface area contributed by atoms with Gasteiger partial charge in [-0.15, -0.1) is 11.3 Å². The summed E-state index contributed by atoms with van der Waals surface area (Å²) < 4.78 is 5.53. The third-order valence-electron chi connectivity index (χ3n) is 2.98. The van der Waals surface area contributed by atoms with Crippen LogP contribution in [0, 0.1) is 6.92 Å². The second-order valence-corrected chi connectivity index (χ2v) is 5.59. The Morgan fingerprint density at radius 3 is 3.17 bits per heavy atom. The predicted octanol–water partition coefficient (Wildman–Crippen LogP) is 1.82. The van der Waals surface area contributed by atoms with E-state index >= 15 is 0 Å². The highest BCUT2D eigenvalue weighted by Crippen LogP contribution is 2.15. The molecule has 0 saturated carbocycles. The Bertz CT molecular complexity index is 402. The van der Waals surface area contributed by atoms with E-state index in [1.165, 1.54) is 0 Å². The van der Waals surface area contributed by atoms with E-state index in [-0.39, 0.29) is 18.2 Å². The first-order valence-electron chi connectivity index (χ1n) is 6.22. The molecule has 0 aromatic carbocycles. The molecule has 2 heterocycles. The van der Waals surface area contributed by atoms with Crippen LogP contribution in [0.4, 0.5) is 4.79 Å². The average Bonchev–Trinajstić information content (AvgIpc) is 2.97. The molecule has 0 spiro atoms. The second-order valence-electron chi connectivity index (χ2n) is 4.53. The quantitative estimate of drug-likeness (QED) is 0.876. The van der Waals surface area contributed by atoms with Crippen LogP contribution in [0.25, 0.3) is 0 Å². The number of urea groups is 1. The molecule has 0 aliphatic carbocycles. The van der Waals surface area contributed by atoms with Gasteiger partial charge in [-0.05, 0) is 26.7 Å². The van der Waals surface area contributed by atoms with Gasteiger partial charge < -0.3 is 15.4 Å². The number of carbonyl (C=O) groups is 1. The van der Waals surface area contributed by atoms with Gasteiger partial charge in [0.15, 0.2) is 0 Å². The monoisotopic (exact) mass is 269 g/mol. The second kappa shape index (κ2) is 6.15. The van der Waals surface area contributed by atoms with Gasteiger partial charge in [-0.2, -0.15) is 0 Å². The summed E-state index contributed by atoms with van der Waals surface area (Å²) in [5.74, 6) is 0. The Hall–Kier alpha value is -1.14. The number of hydrogen-bond acceptors (Lipinski definition) is 4. The van der Waals surface area contributed by atoms with Crippen LogP contribution < -0.4 is 10.6 Å². The maximum Gasteiger partial charge on any atom is 0.315 e. The topological polar surface area (TPSA) is 63.2 Å². The van der Waals surface area contributed by atoms with Crippen LogP contribution in [0.15, 0.2) is 5.38 Å². The molecule has 0 bridgehead atoms. The fraction of sp³-hybridized carbons (Fsp3) is 0.667. The van der Waals surface area contributed by atoms with E-state index in [2.05, 4.69) is 15.6 Å². The third kappa shape index (κ3) is 3.68. The molecule has 5 nitrogen and oxygen atoms in total. The van der Waals surface area contributed by atoms with Crippen molar-refractivity contribution in [1.82, 2.24) is 15.6 Å². The van der Waals surface area contributed by atoms with Crippen molar-refractivity contribution >= 4 is 17.4 Å². The lowest BCUT2D eigenvalue weighted by molar-refractivity contribution is 0.0860. The predicted molar refractivity (Wildman–Crippen MR) is 70.7 cm³/mol. The van der Waals surface area contributed by atoms with Crippen LogP contribution in [-0.4, -0.2) is 29.8 Å². The van der Waals surface area contributed by atoms with Crippen LogP contribution in [0.2, 0.25) is 0 Å². The zero-order chi connectivity index (χ0) is 13.0. The maximum atomic E-state index is 11.7. The van der Waals surface area contributed by atoms with E-state index in [1.54, 1.807) is 11.3 Å². The van der Waals surface area contributed by atoms with Crippen LogP contribution in [0.5, 0.6) is 0 Å². The zero-order valence-electron chi connectivity index (χ0n) is 10.7. The molecule has 1 aromatic heterocycles. The number of thiazole rings is 1. The first-order chi connectivity index (χ1) is 8.65. The molecule has 0 radical (unpaired) electrons. The Kier molecular flexibility index (Phi) is 4.54. The molecule has 2 amide bonds. The molecule has 1 aromatic rings. The fourth-order valence-corrected chi connectivity index (χ4v) is 2.62. The number of carbonyl (C=O) groups excluding carboxylic acids is 1. The van der Waals surface area contributed by atoms with E-state index in [9.17, 15) is 4.79 Å². The Labute approximate surface area is 111 Å². The minimum Gasteiger partial charge on any atom is -0.376 e. The summed E-state index contributed by atoms with van der Waals surface area (Å²) in [6.45, 7) is 5.20. The van der Waals surface area contributed by atoms with Crippen LogP contribution in [0.1, 0.15) is 30.5 Å².